The molecule has 3 heterocycles. The number of fused-ring (bicyclic) bond motifs is 5. The van der Waals surface area contributed by atoms with Gasteiger partial charge in [-0.05, 0) is 85.0 Å². The van der Waals surface area contributed by atoms with Crippen LogP contribution in [0.4, 0.5) is 0 Å². The van der Waals surface area contributed by atoms with Crippen molar-refractivity contribution in [2.45, 2.75) is 215 Å². The van der Waals surface area contributed by atoms with Crippen LogP contribution in [0.5, 0.6) is 5.75 Å². The molecule has 15 amide bonds. The summed E-state index contributed by atoms with van der Waals surface area (Å²) in [5, 5.41) is 92.8. The Hall–Kier alpha value is -13.5. The fourth-order valence-electron chi connectivity index (χ4n) is 15.0. The summed E-state index contributed by atoms with van der Waals surface area (Å²) in [5.74, 6) is -32.1. The second kappa shape index (κ2) is 51.2. The van der Waals surface area contributed by atoms with E-state index in [2.05, 4.69) is 63.8 Å². The van der Waals surface area contributed by atoms with E-state index < -0.39 is 358 Å². The minimum absolute atomic E-state index is 0.208. The number of nitrogens with zero attached hydrogens (tertiary/aromatic N) is 2. The minimum Gasteiger partial charge on any atom is -0.508 e. The molecule has 3 aliphatic heterocycles. The first-order valence-electron chi connectivity index (χ1n) is 43.6. The molecule has 0 aliphatic carbocycles. The lowest BCUT2D eigenvalue weighted by atomic mass is 9.81. The molecule has 4 aromatic carbocycles. The number of nitrogens with two attached hydrogens (primary N) is 3. The number of phenols is 1. The number of carbonyl (C=O) groups is 22. The molecule has 0 aromatic heterocycles. The Kier molecular flexibility index (Phi) is 41.2. The van der Waals surface area contributed by atoms with Gasteiger partial charge in [0.05, 0.1) is 67.4 Å². The van der Waals surface area contributed by atoms with Gasteiger partial charge in [0.1, 0.15) is 60.1 Å². The number of ketones is 3. The number of aliphatic carboxylic acids is 4. The van der Waals surface area contributed by atoms with Crippen LogP contribution in [-0.4, -0.2) is 304 Å². The van der Waals surface area contributed by atoms with Gasteiger partial charge in [-0.1, -0.05) is 106 Å². The zero-order chi connectivity index (χ0) is 101. The minimum atomic E-state index is -2.70. The number of benzene rings is 4. The van der Waals surface area contributed by atoms with Crippen molar-refractivity contribution in [3.63, 3.8) is 0 Å². The van der Waals surface area contributed by atoms with Crippen molar-refractivity contribution in [1.82, 2.24) is 73.6 Å². The fraction of sp³-hybridized carbons (Fsp3) is 0.506. The number of aromatic hydroxyl groups is 1. The van der Waals surface area contributed by atoms with Crippen LogP contribution in [0.25, 0.3) is 10.8 Å². The molecule has 3 fully saturated rings. The van der Waals surface area contributed by atoms with Crippen LogP contribution in [0, 0.1) is 17.3 Å². The summed E-state index contributed by atoms with van der Waals surface area (Å²) in [4.78, 5) is 315. The summed E-state index contributed by atoms with van der Waals surface area (Å²) in [6.45, 7) is 4.28. The van der Waals surface area contributed by atoms with Gasteiger partial charge in [0.2, 0.25) is 88.6 Å². The number of nitrogens with one attached hydrogen (secondary N) is 12. The predicted molar refractivity (Wildman–Crippen MR) is 487 cm³/mol. The van der Waals surface area contributed by atoms with Gasteiger partial charge in [-0.3, -0.25) is 111 Å². The molecule has 3 saturated heterocycles. The quantitative estimate of drug-likeness (QED) is 0.0354. The average molecular weight is 1940 g/mol. The average Bonchev–Trinajstić information content (AvgIpc) is 1.43. The Morgan fingerprint density at radius 1 is 0.493 bits per heavy atom. The molecule has 3 aliphatic rings. The molecule has 24 N–H and O–H groups in total. The number of carboxylic acid groups (broad SMARTS) is 4. The molecule has 0 saturated carbocycles. The maximum Gasteiger partial charge on any atom is 0.305 e. The van der Waals surface area contributed by atoms with Crippen molar-refractivity contribution in [3.05, 3.63) is 114 Å². The van der Waals surface area contributed by atoms with Gasteiger partial charge >= 0.3 is 23.9 Å². The lowest BCUT2D eigenvalue weighted by Crippen LogP contribution is -2.65. The number of Topliss-reactive ketones (excluding diaryl/α,β-unsaturated/α-hetero) is 3. The third-order valence-electron chi connectivity index (χ3n) is 22.5. The van der Waals surface area contributed by atoms with Crippen LogP contribution in [0.1, 0.15) is 129 Å². The van der Waals surface area contributed by atoms with Gasteiger partial charge < -0.3 is 116 Å². The number of phenolic OH excluding ortho intramolecular Hbond substituents is 1. The number of thioether (sulfide) groups is 2. The van der Waals surface area contributed by atoms with Gasteiger partial charge in [-0.25, -0.2) is 0 Å². The molecule has 136 heavy (non-hydrogen) atoms. The lowest BCUT2D eigenvalue weighted by Gasteiger charge is -2.35. The predicted octanol–water partition coefficient (Wildman–Crippen LogP) is -4.31. The van der Waals surface area contributed by atoms with E-state index >= 15 is 24.0 Å². The fourth-order valence-corrected chi connectivity index (χ4v) is 17.1. The second-order valence-electron chi connectivity index (χ2n) is 34.7. The zero-order valence-electron chi connectivity index (χ0n) is 75.6. The van der Waals surface area contributed by atoms with E-state index in [1.807, 2.05) is 0 Å². The standard InChI is InChI=1S/C89H117N17O28S2/c1-45(90)64(108)39-67-87(133)95-47(3)77(123)98-60(36-68(91)111)83(129)96-56(23-25-71(114)115)65(109)34-52(33-51-17-12-16-50-15-10-11-18-55(50)51)79(125)94-46(2)78(124)103-63-40-93-89(134)43-105(69(112)27-30-136-67)28-29-106(44-89)70(113)42-135-41-53(76(92)122)35-66(110)75(88(4,5)6)104-85(131)62(38-74(120)121)102-82(128)59(32-49-19-21-54(107)22-20-49)99-81(127)58(31-48-13-8-7-9-14-48)100-84(130)61(37-73(118)119)101-80(126)57(97-86(63)132)24-26-72(116)117/h7-22,45-47,52-53,56-63,67,75,93,107,134H,23-44,90H2,1-6H3,(H2,91,111)(H2,92,122)(H,94,125)(H,95,133)(H,96,129)(H,97,132)(H,98,123)(H,99,127)(H,100,130)(H,101,126)(H,102,128)(H,103,124)(H,104,131)(H,114,115)(H,116,117)(H,118,119)(H,120,121). The third kappa shape index (κ3) is 34.7. The van der Waals surface area contributed by atoms with E-state index in [1.165, 1.54) is 76.2 Å². The smallest absolute Gasteiger partial charge is 0.305 e. The van der Waals surface area contributed by atoms with E-state index in [9.17, 15) is 112 Å². The third-order valence-corrected chi connectivity index (χ3v) is 24.8. The summed E-state index contributed by atoms with van der Waals surface area (Å²) < 4.78 is 0. The van der Waals surface area contributed by atoms with Crippen LogP contribution >= 0.6 is 23.5 Å². The van der Waals surface area contributed by atoms with Crippen molar-refractivity contribution in [2.24, 2.45) is 34.5 Å². The highest BCUT2D eigenvalue weighted by Crippen LogP contribution is 2.29. The number of hydrogen-bond acceptors (Lipinski definition) is 28. The number of primary amides is 2. The first-order chi connectivity index (χ1) is 64.0. The lowest BCUT2D eigenvalue weighted by molar-refractivity contribution is -0.142. The number of aliphatic hydroxyl groups is 1. The van der Waals surface area contributed by atoms with Crippen LogP contribution in [0.2, 0.25) is 0 Å². The van der Waals surface area contributed by atoms with E-state index in [-0.39, 0.29) is 29.1 Å². The van der Waals surface area contributed by atoms with Gasteiger partial charge in [0.25, 0.3) is 0 Å². The van der Waals surface area contributed by atoms with Crippen molar-refractivity contribution in [1.29, 1.82) is 0 Å². The second-order valence-corrected chi connectivity index (χ2v) is 37.0. The molecule has 16 unspecified atom stereocenters. The summed E-state index contributed by atoms with van der Waals surface area (Å²) in [7, 11) is 0. The number of rotatable bonds is 22. The maximum atomic E-state index is 15.5. The van der Waals surface area contributed by atoms with Crippen molar-refractivity contribution >= 4 is 164 Å². The zero-order valence-corrected chi connectivity index (χ0v) is 77.2. The highest BCUT2D eigenvalue weighted by atomic mass is 32.2. The van der Waals surface area contributed by atoms with E-state index in [4.69, 9.17) is 17.2 Å². The molecule has 0 radical (unpaired) electrons. The van der Waals surface area contributed by atoms with E-state index in [1.54, 1.807) is 48.5 Å². The van der Waals surface area contributed by atoms with Gasteiger partial charge in [0, 0.05) is 88.4 Å². The molecule has 738 valence electrons. The van der Waals surface area contributed by atoms with Crippen molar-refractivity contribution in [3.8, 4) is 5.75 Å². The largest absolute Gasteiger partial charge is 0.508 e. The van der Waals surface area contributed by atoms with Gasteiger partial charge in [-0.2, -0.15) is 11.8 Å². The van der Waals surface area contributed by atoms with Crippen molar-refractivity contribution < 1.29 is 136 Å². The number of amides is 15. The number of hydrogen-bond donors (Lipinski definition) is 21. The molecule has 16 atom stereocenters. The molecule has 7 rings (SSSR count). The van der Waals surface area contributed by atoms with Gasteiger partial charge in [0.15, 0.2) is 23.1 Å². The SMILES string of the molecule is CC(N)C(=O)CC1SCCC(=O)N2CCN3CC(O)(C2)NCC(NC(=O)C(C)NC(=O)C(Cc2cccc4ccccc24)CC(=O)C(CCC(=O)O)NC(=O)C(CC(N)=O)NC(=O)C(C)NC1=O)C(=O)NC(CCC(=O)O)C(=O)NC(CC(=O)O)C(=O)NC(Cc1ccccc1)C(=O)NC(Cc1ccc(O)cc1)C(=O)NC(CC(=O)O)C(=O)NC(C(C)(C)C)C(=O)CC(C(N)=O)CSCC3=O. The van der Waals surface area contributed by atoms with E-state index in [0.29, 0.717) is 28.1 Å². The highest BCUT2D eigenvalue weighted by molar-refractivity contribution is 8.00. The van der Waals surface area contributed by atoms with Crippen LogP contribution in [0.15, 0.2) is 97.1 Å². The first kappa shape index (κ1) is 109. The van der Waals surface area contributed by atoms with Crippen molar-refractivity contribution in [2.75, 3.05) is 50.0 Å². The summed E-state index contributed by atoms with van der Waals surface area (Å²) in [6.07, 6.45) is -11.2. The molecule has 4 bridgehead atoms. The summed E-state index contributed by atoms with van der Waals surface area (Å²) in [5.41, 5.74) is 14.4. The number of carboxylic acids is 4. The highest BCUT2D eigenvalue weighted by Gasteiger charge is 2.44. The summed E-state index contributed by atoms with van der Waals surface area (Å²) >= 11 is 1.44. The Balaban J connectivity index is 1.41. The molecular weight excluding hydrogens is 1820 g/mol. The molecule has 0 spiro atoms. The Bertz CT molecular complexity index is 5120. The Morgan fingerprint density at radius 2 is 0.971 bits per heavy atom. The first-order valence-corrected chi connectivity index (χ1v) is 45.8. The van der Waals surface area contributed by atoms with Crippen LogP contribution < -0.4 is 81.0 Å². The monoisotopic (exact) mass is 1940 g/mol. The molecule has 45 nitrogen and oxygen atoms in total. The molecule has 4 aromatic rings. The van der Waals surface area contributed by atoms with Crippen LogP contribution in [0.3, 0.4) is 0 Å². The maximum absolute atomic E-state index is 15.5. The number of carbonyl (C=O) groups excluding carboxylic acids is 18. The molecular formula is C89H117N17O28S2. The summed E-state index contributed by atoms with van der Waals surface area (Å²) in [6, 6.07) is 1.67. The van der Waals surface area contributed by atoms with Crippen LogP contribution in [-0.2, 0) is 125 Å². The van der Waals surface area contributed by atoms with Gasteiger partial charge in [-0.15, -0.1) is 11.8 Å². The topological polar surface area (TPSA) is 726 Å². The Labute approximate surface area is 788 Å². The Morgan fingerprint density at radius 3 is 1.52 bits per heavy atom. The molecule has 47 heteroatoms. The van der Waals surface area contributed by atoms with E-state index in [0.717, 1.165) is 35.4 Å². The normalized spacial score (nSPS) is 25.8.